The molecular weight excluding hydrogens is 492 g/mol. The van der Waals surface area contributed by atoms with E-state index in [-0.39, 0.29) is 24.0 Å². The highest BCUT2D eigenvalue weighted by atomic mass is 16.5. The summed E-state index contributed by atoms with van der Waals surface area (Å²) >= 11 is 0. The Balaban J connectivity index is 1.53. The number of benzene rings is 2. The Morgan fingerprint density at radius 1 is 0.897 bits per heavy atom. The Hall–Kier alpha value is -3.03. The normalized spacial score (nSPS) is 18.0. The standard InChI is InChI=1S/C32H42N2O5/c1-22(35)30(3,4)31(5,6)32(7,23(2)36)34-20-27-26(29(34)37)9-8-10-28(27)39-21-25-13-11-24(12-14-25)19-33-15-17-38-18-16-33/h8-14H,15-21H2,1-7H3. The van der Waals surface area contributed by atoms with Crippen LogP contribution in [0, 0.1) is 10.8 Å². The number of Topliss-reactive ketones (excluding diaryl/α,β-unsaturated/α-hetero) is 2. The Kier molecular flexibility index (Phi) is 8.06. The molecule has 2 heterocycles. The summed E-state index contributed by atoms with van der Waals surface area (Å²) in [6.45, 7) is 17.4. The van der Waals surface area contributed by atoms with Gasteiger partial charge < -0.3 is 14.4 Å². The van der Waals surface area contributed by atoms with Crippen molar-refractivity contribution in [1.82, 2.24) is 9.80 Å². The highest BCUT2D eigenvalue weighted by molar-refractivity contribution is 6.03. The molecule has 7 heteroatoms. The van der Waals surface area contributed by atoms with Crippen LogP contribution in [0.3, 0.4) is 0 Å². The molecular formula is C32H42N2O5. The van der Waals surface area contributed by atoms with E-state index in [1.54, 1.807) is 24.8 Å². The lowest BCUT2D eigenvalue weighted by Gasteiger charge is -2.54. The topological polar surface area (TPSA) is 76.2 Å². The second-order valence-electron chi connectivity index (χ2n) is 12.1. The lowest BCUT2D eigenvalue weighted by molar-refractivity contribution is -0.150. The molecule has 0 aliphatic carbocycles. The van der Waals surface area contributed by atoms with Crippen LogP contribution in [0.5, 0.6) is 5.75 Å². The molecule has 7 nitrogen and oxygen atoms in total. The third-order valence-corrected chi connectivity index (χ3v) is 9.74. The Bertz CT molecular complexity index is 1240. The van der Waals surface area contributed by atoms with Crippen molar-refractivity contribution < 1.29 is 23.9 Å². The predicted molar refractivity (Wildman–Crippen MR) is 151 cm³/mol. The van der Waals surface area contributed by atoms with E-state index in [2.05, 4.69) is 29.2 Å². The summed E-state index contributed by atoms with van der Waals surface area (Å²) in [6.07, 6.45) is 0. The van der Waals surface area contributed by atoms with Crippen molar-refractivity contribution in [2.24, 2.45) is 10.8 Å². The molecule has 4 rings (SSSR count). The first kappa shape index (κ1) is 29.0. The number of rotatable bonds is 10. The second-order valence-corrected chi connectivity index (χ2v) is 12.1. The lowest BCUT2D eigenvalue weighted by Crippen LogP contribution is -2.65. The van der Waals surface area contributed by atoms with Gasteiger partial charge in [-0.3, -0.25) is 19.3 Å². The van der Waals surface area contributed by atoms with Crippen LogP contribution >= 0.6 is 0 Å². The SMILES string of the molecule is CC(=O)C(C)(C)C(C)(C)C(C)(C(C)=O)N1Cc2c(OCc3ccc(CN4CCOCC4)cc3)cccc2C1=O. The first-order chi connectivity index (χ1) is 18.3. The molecule has 0 radical (unpaired) electrons. The number of morpholine rings is 1. The number of ether oxygens (including phenoxy) is 2. The third kappa shape index (κ3) is 5.14. The molecule has 2 aromatic carbocycles. The molecule has 2 aromatic rings. The second kappa shape index (κ2) is 10.9. The first-order valence-electron chi connectivity index (χ1n) is 13.8. The fraction of sp³-hybridized carbons (Fsp3) is 0.531. The van der Waals surface area contributed by atoms with Gasteiger partial charge >= 0.3 is 0 Å². The molecule has 210 valence electrons. The molecule has 0 N–H and O–H groups in total. The summed E-state index contributed by atoms with van der Waals surface area (Å²) in [6, 6.07) is 13.9. The van der Waals surface area contributed by atoms with Gasteiger partial charge in [0, 0.05) is 41.6 Å². The minimum absolute atomic E-state index is 0.0240. The van der Waals surface area contributed by atoms with Crippen molar-refractivity contribution in [2.45, 2.75) is 73.7 Å². The molecule has 1 amide bonds. The number of ketones is 2. The van der Waals surface area contributed by atoms with Crippen LogP contribution in [-0.4, -0.2) is 59.1 Å². The zero-order chi connectivity index (χ0) is 28.6. The number of carbonyl (C=O) groups is 3. The molecule has 1 saturated heterocycles. The van der Waals surface area contributed by atoms with E-state index in [4.69, 9.17) is 9.47 Å². The van der Waals surface area contributed by atoms with Gasteiger partial charge in [-0.25, -0.2) is 0 Å². The van der Waals surface area contributed by atoms with Crippen molar-refractivity contribution >= 4 is 17.5 Å². The first-order valence-corrected chi connectivity index (χ1v) is 13.8. The largest absolute Gasteiger partial charge is 0.489 e. The van der Waals surface area contributed by atoms with E-state index in [1.807, 2.05) is 39.8 Å². The maximum Gasteiger partial charge on any atom is 0.255 e. The predicted octanol–water partition coefficient (Wildman–Crippen LogP) is 5.04. The van der Waals surface area contributed by atoms with Gasteiger partial charge in [0.05, 0.1) is 19.8 Å². The number of amides is 1. The van der Waals surface area contributed by atoms with Gasteiger partial charge in [-0.2, -0.15) is 0 Å². The van der Waals surface area contributed by atoms with Crippen LogP contribution in [0.1, 0.15) is 75.5 Å². The Morgan fingerprint density at radius 2 is 1.51 bits per heavy atom. The number of hydrogen-bond acceptors (Lipinski definition) is 6. The van der Waals surface area contributed by atoms with Crippen LogP contribution in [0.4, 0.5) is 0 Å². The van der Waals surface area contributed by atoms with Gasteiger partial charge in [-0.05, 0) is 44.0 Å². The highest BCUT2D eigenvalue weighted by Gasteiger charge is 2.60. The van der Waals surface area contributed by atoms with Gasteiger partial charge in [-0.1, -0.05) is 58.0 Å². The van der Waals surface area contributed by atoms with Crippen molar-refractivity contribution in [2.75, 3.05) is 26.3 Å². The van der Waals surface area contributed by atoms with Gasteiger partial charge in [0.1, 0.15) is 23.7 Å². The molecule has 0 spiro atoms. The molecule has 0 bridgehead atoms. The molecule has 0 aromatic heterocycles. The molecule has 1 fully saturated rings. The lowest BCUT2D eigenvalue weighted by atomic mass is 9.55. The summed E-state index contributed by atoms with van der Waals surface area (Å²) in [7, 11) is 0. The van der Waals surface area contributed by atoms with Crippen LogP contribution in [0.15, 0.2) is 42.5 Å². The average molecular weight is 535 g/mol. The minimum Gasteiger partial charge on any atom is -0.489 e. The van der Waals surface area contributed by atoms with Crippen molar-refractivity contribution in [3.8, 4) is 5.75 Å². The zero-order valence-electron chi connectivity index (χ0n) is 24.4. The van der Waals surface area contributed by atoms with Crippen LogP contribution in [-0.2, 0) is 34.0 Å². The number of fused-ring (bicyclic) bond motifs is 1. The fourth-order valence-electron chi connectivity index (χ4n) is 5.74. The number of nitrogens with zero attached hydrogens (tertiary/aromatic N) is 2. The molecule has 39 heavy (non-hydrogen) atoms. The molecule has 1 unspecified atom stereocenters. The van der Waals surface area contributed by atoms with Crippen LogP contribution in [0.2, 0.25) is 0 Å². The molecule has 1 atom stereocenters. The highest BCUT2D eigenvalue weighted by Crippen LogP contribution is 2.52. The van der Waals surface area contributed by atoms with Gasteiger partial charge in [0.2, 0.25) is 0 Å². The van der Waals surface area contributed by atoms with E-state index in [0.29, 0.717) is 17.9 Å². The van der Waals surface area contributed by atoms with E-state index in [1.165, 1.54) is 12.5 Å². The Labute approximate surface area is 232 Å². The van der Waals surface area contributed by atoms with E-state index < -0.39 is 16.4 Å². The number of hydrogen-bond donors (Lipinski definition) is 0. The summed E-state index contributed by atoms with van der Waals surface area (Å²) in [4.78, 5) is 43.7. The van der Waals surface area contributed by atoms with Crippen LogP contribution < -0.4 is 4.74 Å². The summed E-state index contributed by atoms with van der Waals surface area (Å²) < 4.78 is 11.7. The van der Waals surface area contributed by atoms with Crippen LogP contribution in [0.25, 0.3) is 0 Å². The monoisotopic (exact) mass is 534 g/mol. The quantitative estimate of drug-likeness (QED) is 0.425. The molecule has 2 aliphatic heterocycles. The fourth-order valence-corrected chi connectivity index (χ4v) is 5.74. The number of carbonyl (C=O) groups excluding carboxylic acids is 3. The minimum atomic E-state index is -1.20. The summed E-state index contributed by atoms with van der Waals surface area (Å²) in [5.41, 5.74) is 0.730. The van der Waals surface area contributed by atoms with Gasteiger partial charge in [0.15, 0.2) is 5.78 Å². The Morgan fingerprint density at radius 3 is 2.10 bits per heavy atom. The molecule has 2 aliphatic rings. The maximum absolute atomic E-state index is 13.7. The van der Waals surface area contributed by atoms with Gasteiger partial charge in [0.25, 0.3) is 5.91 Å². The average Bonchev–Trinajstić information content (AvgIpc) is 3.25. The van der Waals surface area contributed by atoms with E-state index in [0.717, 1.165) is 44.0 Å². The van der Waals surface area contributed by atoms with Crippen molar-refractivity contribution in [1.29, 1.82) is 0 Å². The third-order valence-electron chi connectivity index (χ3n) is 9.74. The molecule has 0 saturated carbocycles. The van der Waals surface area contributed by atoms with Crippen molar-refractivity contribution in [3.05, 3.63) is 64.7 Å². The van der Waals surface area contributed by atoms with Gasteiger partial charge in [-0.15, -0.1) is 0 Å². The van der Waals surface area contributed by atoms with E-state index in [9.17, 15) is 14.4 Å². The van der Waals surface area contributed by atoms with Crippen molar-refractivity contribution in [3.63, 3.8) is 0 Å². The smallest absolute Gasteiger partial charge is 0.255 e. The zero-order valence-corrected chi connectivity index (χ0v) is 24.4. The summed E-state index contributed by atoms with van der Waals surface area (Å²) in [5, 5.41) is 0. The summed E-state index contributed by atoms with van der Waals surface area (Å²) in [5.74, 6) is 0.245. The maximum atomic E-state index is 13.7. The van der Waals surface area contributed by atoms with E-state index >= 15 is 0 Å².